The number of nitrogen functional groups attached to an aromatic ring is 1. The van der Waals surface area contributed by atoms with Gasteiger partial charge in [-0.2, -0.15) is 0 Å². The summed E-state index contributed by atoms with van der Waals surface area (Å²) >= 11 is 0. The Balaban J connectivity index is 1.93. The van der Waals surface area contributed by atoms with Gasteiger partial charge in [-0.3, -0.25) is 0 Å². The van der Waals surface area contributed by atoms with Crippen molar-refractivity contribution in [2.75, 3.05) is 36.8 Å². The zero-order chi connectivity index (χ0) is 15.6. The van der Waals surface area contributed by atoms with Crippen LogP contribution in [0.1, 0.15) is 26.3 Å². The zero-order valence-corrected chi connectivity index (χ0v) is 13.2. The Hall–Kier alpha value is -1.82. The van der Waals surface area contributed by atoms with E-state index < -0.39 is 5.41 Å². The first-order chi connectivity index (χ1) is 9.77. The van der Waals surface area contributed by atoms with E-state index in [0.29, 0.717) is 18.8 Å². The quantitative estimate of drug-likeness (QED) is 0.892. The van der Waals surface area contributed by atoms with Gasteiger partial charge in [-0.15, -0.1) is 5.06 Å². The lowest BCUT2D eigenvalue weighted by Crippen LogP contribution is -2.48. The Morgan fingerprint density at radius 3 is 2.43 bits per heavy atom. The number of aryl methyl sites for hydroxylation is 1. The van der Waals surface area contributed by atoms with E-state index in [1.807, 2.05) is 33.8 Å². The van der Waals surface area contributed by atoms with Crippen molar-refractivity contribution in [2.45, 2.75) is 27.7 Å². The van der Waals surface area contributed by atoms with Crippen LogP contribution in [0.3, 0.4) is 0 Å². The van der Waals surface area contributed by atoms with E-state index in [1.165, 1.54) is 0 Å². The molecule has 0 amide bonds. The van der Waals surface area contributed by atoms with Crippen LogP contribution >= 0.6 is 0 Å². The van der Waals surface area contributed by atoms with Crippen LogP contribution in [-0.4, -0.2) is 42.2 Å². The zero-order valence-electron chi connectivity index (χ0n) is 13.2. The molecule has 1 aromatic heterocycles. The van der Waals surface area contributed by atoms with E-state index >= 15 is 0 Å². The van der Waals surface area contributed by atoms with Gasteiger partial charge in [-0.25, -0.2) is 9.78 Å². The van der Waals surface area contributed by atoms with Gasteiger partial charge in [-0.05, 0) is 39.3 Å². The first kappa shape index (κ1) is 15.6. The summed E-state index contributed by atoms with van der Waals surface area (Å²) < 4.78 is 0. The van der Waals surface area contributed by atoms with Crippen molar-refractivity contribution >= 4 is 17.5 Å². The van der Waals surface area contributed by atoms with Crippen molar-refractivity contribution in [1.29, 1.82) is 0 Å². The van der Waals surface area contributed by atoms with E-state index in [2.05, 4.69) is 9.88 Å². The number of anilines is 2. The lowest BCUT2D eigenvalue weighted by Gasteiger charge is -2.35. The molecular formula is C15H24N4O2. The second kappa shape index (κ2) is 5.89. The number of aromatic nitrogens is 1. The average molecular weight is 292 g/mol. The van der Waals surface area contributed by atoms with E-state index in [1.54, 1.807) is 11.3 Å². The van der Waals surface area contributed by atoms with Gasteiger partial charge in [0.2, 0.25) is 0 Å². The number of nitrogens with two attached hydrogens (primary N) is 1. The molecule has 21 heavy (non-hydrogen) atoms. The largest absolute Gasteiger partial charge is 0.397 e. The fourth-order valence-electron chi connectivity index (χ4n) is 2.17. The van der Waals surface area contributed by atoms with Crippen LogP contribution in [0.25, 0.3) is 0 Å². The van der Waals surface area contributed by atoms with Crippen molar-refractivity contribution in [3.8, 4) is 0 Å². The summed E-state index contributed by atoms with van der Waals surface area (Å²) in [4.78, 5) is 23.9. The number of hydrogen-bond acceptors (Lipinski definition) is 6. The Bertz CT molecular complexity index is 517. The molecule has 2 N–H and O–H groups in total. The van der Waals surface area contributed by atoms with Gasteiger partial charge >= 0.3 is 5.97 Å². The van der Waals surface area contributed by atoms with Crippen LogP contribution < -0.4 is 10.6 Å². The Kier molecular flexibility index (Phi) is 4.37. The number of pyridine rings is 1. The van der Waals surface area contributed by atoms with Crippen molar-refractivity contribution in [3.63, 3.8) is 0 Å². The molecule has 0 aromatic carbocycles. The molecule has 1 aliphatic rings. The fourth-order valence-corrected chi connectivity index (χ4v) is 2.17. The summed E-state index contributed by atoms with van der Waals surface area (Å²) in [7, 11) is 0. The predicted octanol–water partition coefficient (Wildman–Crippen LogP) is 1.60. The molecule has 6 nitrogen and oxygen atoms in total. The van der Waals surface area contributed by atoms with E-state index in [9.17, 15) is 4.79 Å². The fraction of sp³-hybridized carbons (Fsp3) is 0.600. The number of hydroxylamine groups is 2. The number of carbonyl (C=O) groups is 1. The molecule has 0 aliphatic carbocycles. The molecule has 6 heteroatoms. The van der Waals surface area contributed by atoms with Crippen LogP contribution in [0.2, 0.25) is 0 Å². The third kappa shape index (κ3) is 3.85. The number of hydrogen-bond donors (Lipinski definition) is 1. The Labute approximate surface area is 125 Å². The molecule has 116 valence electrons. The second-order valence-corrected chi connectivity index (χ2v) is 6.45. The maximum Gasteiger partial charge on any atom is 0.330 e. The summed E-state index contributed by atoms with van der Waals surface area (Å²) in [6.45, 7) is 10.5. The normalized spacial score (nSPS) is 16.9. The molecule has 1 fully saturated rings. The molecule has 2 rings (SSSR count). The maximum atomic E-state index is 11.9. The molecule has 0 bridgehead atoms. The lowest BCUT2D eigenvalue weighted by molar-refractivity contribution is -0.201. The third-order valence-electron chi connectivity index (χ3n) is 3.43. The molecule has 1 saturated heterocycles. The number of carbonyl (C=O) groups excluding carboxylic acids is 1. The number of rotatable bonds is 2. The van der Waals surface area contributed by atoms with Crippen molar-refractivity contribution < 1.29 is 9.63 Å². The Morgan fingerprint density at radius 2 is 1.90 bits per heavy atom. The van der Waals surface area contributed by atoms with Gasteiger partial charge < -0.3 is 15.5 Å². The average Bonchev–Trinajstić information content (AvgIpc) is 2.39. The van der Waals surface area contributed by atoms with Crippen LogP contribution in [0.15, 0.2) is 12.3 Å². The monoisotopic (exact) mass is 292 g/mol. The van der Waals surface area contributed by atoms with E-state index in [4.69, 9.17) is 10.6 Å². The lowest BCUT2D eigenvalue weighted by atomic mass is 9.98. The van der Waals surface area contributed by atoms with Gasteiger partial charge in [0.05, 0.1) is 30.4 Å². The van der Waals surface area contributed by atoms with Gasteiger partial charge in [0, 0.05) is 13.1 Å². The van der Waals surface area contributed by atoms with Crippen LogP contribution in [0, 0.1) is 12.3 Å². The van der Waals surface area contributed by atoms with Gasteiger partial charge in [0.1, 0.15) is 5.82 Å². The summed E-state index contributed by atoms with van der Waals surface area (Å²) in [6, 6.07) is 1.92. The highest BCUT2D eigenvalue weighted by atomic mass is 16.7. The summed E-state index contributed by atoms with van der Waals surface area (Å²) in [5.74, 6) is 0.753. The van der Waals surface area contributed by atoms with E-state index in [-0.39, 0.29) is 5.97 Å². The molecule has 1 aliphatic heterocycles. The molecule has 0 atom stereocenters. The van der Waals surface area contributed by atoms with Crippen molar-refractivity contribution in [2.24, 2.45) is 5.41 Å². The topological polar surface area (TPSA) is 71.7 Å². The van der Waals surface area contributed by atoms with Crippen LogP contribution in [0.5, 0.6) is 0 Å². The molecule has 0 spiro atoms. The highest BCUT2D eigenvalue weighted by Gasteiger charge is 2.28. The van der Waals surface area contributed by atoms with Gasteiger partial charge in [0.15, 0.2) is 0 Å². The highest BCUT2D eigenvalue weighted by Crippen LogP contribution is 2.21. The number of nitrogens with zero attached hydrogens (tertiary/aromatic N) is 3. The molecule has 0 unspecified atom stereocenters. The minimum Gasteiger partial charge on any atom is -0.397 e. The molecule has 1 aromatic rings. The van der Waals surface area contributed by atoms with Gasteiger partial charge in [0.25, 0.3) is 0 Å². The van der Waals surface area contributed by atoms with Crippen LogP contribution in [0.4, 0.5) is 11.5 Å². The van der Waals surface area contributed by atoms with Gasteiger partial charge in [-0.1, -0.05) is 0 Å². The third-order valence-corrected chi connectivity index (χ3v) is 3.43. The molecular weight excluding hydrogens is 268 g/mol. The second-order valence-electron chi connectivity index (χ2n) is 6.45. The summed E-state index contributed by atoms with van der Waals surface area (Å²) in [5.41, 5.74) is 6.99. The molecule has 0 radical (unpaired) electrons. The maximum absolute atomic E-state index is 11.9. The standard InChI is InChI=1S/C15H24N4O2/c1-11-9-12(16)10-17-13(11)18-5-7-19(8-6-18)21-14(20)15(2,3)4/h9-10H,5-8,16H2,1-4H3. The molecule has 2 heterocycles. The first-order valence-electron chi connectivity index (χ1n) is 7.22. The SMILES string of the molecule is Cc1cc(N)cnc1N1CCN(OC(=O)C(C)(C)C)CC1. The Morgan fingerprint density at radius 1 is 1.29 bits per heavy atom. The van der Waals surface area contributed by atoms with Crippen molar-refractivity contribution in [3.05, 3.63) is 17.8 Å². The smallest absolute Gasteiger partial charge is 0.330 e. The summed E-state index contributed by atoms with van der Waals surface area (Å²) in [6.07, 6.45) is 1.67. The van der Waals surface area contributed by atoms with Crippen molar-refractivity contribution in [1.82, 2.24) is 10.0 Å². The molecule has 0 saturated carbocycles. The first-order valence-corrected chi connectivity index (χ1v) is 7.22. The van der Waals surface area contributed by atoms with E-state index in [0.717, 1.165) is 24.5 Å². The summed E-state index contributed by atoms with van der Waals surface area (Å²) in [5, 5.41) is 1.73. The minimum atomic E-state index is -0.480. The predicted molar refractivity (Wildman–Crippen MR) is 82.7 cm³/mol. The number of piperazine rings is 1. The van der Waals surface area contributed by atoms with Crippen LogP contribution in [-0.2, 0) is 9.63 Å². The highest BCUT2D eigenvalue weighted by molar-refractivity contribution is 5.75. The minimum absolute atomic E-state index is 0.197.